The number of nitrogens with one attached hydrogen (secondary N) is 1. The lowest BCUT2D eigenvalue weighted by Gasteiger charge is -2.24. The van der Waals surface area contributed by atoms with Crippen LogP contribution in [0, 0.1) is 11.6 Å². The van der Waals surface area contributed by atoms with Gasteiger partial charge in [-0.05, 0) is 32.2 Å². The second kappa shape index (κ2) is 7.82. The van der Waals surface area contributed by atoms with Gasteiger partial charge in [0.25, 0.3) is 0 Å². The maximum Gasteiger partial charge on any atom is 0.418 e. The molecule has 0 aliphatic carbocycles. The largest absolute Gasteiger partial charge is 0.418 e. The first-order valence-corrected chi connectivity index (χ1v) is 7.71. The molecular weight excluding hydrogens is 355 g/mol. The number of amides is 1. The summed E-state index contributed by atoms with van der Waals surface area (Å²) in [5.74, 6) is -2.15. The van der Waals surface area contributed by atoms with Crippen molar-refractivity contribution < 1.29 is 26.7 Å². The summed E-state index contributed by atoms with van der Waals surface area (Å²) in [4.78, 5) is 13.7. The van der Waals surface area contributed by atoms with E-state index in [0.29, 0.717) is 0 Å². The summed E-state index contributed by atoms with van der Waals surface area (Å²) < 4.78 is 65.6. The molecule has 0 aliphatic rings. The summed E-state index contributed by atoms with van der Waals surface area (Å²) in [6, 6.07) is 6.87. The average molecular weight is 372 g/mol. The van der Waals surface area contributed by atoms with Crippen LogP contribution in [-0.2, 0) is 17.5 Å². The smallest absolute Gasteiger partial charge is 0.324 e. The van der Waals surface area contributed by atoms with Crippen molar-refractivity contribution in [2.24, 2.45) is 0 Å². The van der Waals surface area contributed by atoms with E-state index < -0.39 is 35.3 Å². The first-order valence-electron chi connectivity index (χ1n) is 7.71. The SMILES string of the molecule is CC(C(=O)Nc1ccccc1C(F)(F)F)N(C)Cc1ccc(F)cc1F. The molecule has 2 aromatic rings. The molecule has 0 bridgehead atoms. The molecule has 3 nitrogen and oxygen atoms in total. The number of rotatable bonds is 5. The molecular formula is C18H17F5N2O. The highest BCUT2D eigenvalue weighted by Gasteiger charge is 2.34. The second-order valence-electron chi connectivity index (χ2n) is 5.86. The molecule has 0 aliphatic heterocycles. The van der Waals surface area contributed by atoms with Crippen LogP contribution in [0.15, 0.2) is 42.5 Å². The van der Waals surface area contributed by atoms with Gasteiger partial charge in [-0.2, -0.15) is 13.2 Å². The molecule has 0 fully saturated rings. The zero-order chi connectivity index (χ0) is 19.5. The number of alkyl halides is 3. The molecule has 8 heteroatoms. The monoisotopic (exact) mass is 372 g/mol. The van der Waals surface area contributed by atoms with Gasteiger partial charge in [0.2, 0.25) is 5.91 Å². The lowest BCUT2D eigenvalue weighted by Crippen LogP contribution is -2.39. The Hall–Kier alpha value is -2.48. The topological polar surface area (TPSA) is 32.3 Å². The van der Waals surface area contributed by atoms with Crippen LogP contribution >= 0.6 is 0 Å². The lowest BCUT2D eigenvalue weighted by atomic mass is 10.1. The van der Waals surface area contributed by atoms with Gasteiger partial charge < -0.3 is 5.32 Å². The molecule has 0 saturated heterocycles. The third-order valence-corrected chi connectivity index (χ3v) is 3.97. The van der Waals surface area contributed by atoms with Gasteiger partial charge in [0.1, 0.15) is 11.6 Å². The molecule has 2 aromatic carbocycles. The van der Waals surface area contributed by atoms with E-state index in [1.165, 1.54) is 37.1 Å². The van der Waals surface area contributed by atoms with E-state index in [4.69, 9.17) is 0 Å². The third-order valence-electron chi connectivity index (χ3n) is 3.97. The molecule has 0 radical (unpaired) electrons. The van der Waals surface area contributed by atoms with Gasteiger partial charge in [-0.1, -0.05) is 18.2 Å². The molecule has 1 atom stereocenters. The Bertz CT molecular complexity index is 791. The van der Waals surface area contributed by atoms with Crippen molar-refractivity contribution in [3.63, 3.8) is 0 Å². The van der Waals surface area contributed by atoms with Gasteiger partial charge in [-0.25, -0.2) is 8.78 Å². The summed E-state index contributed by atoms with van der Waals surface area (Å²) in [7, 11) is 1.52. The van der Waals surface area contributed by atoms with E-state index in [9.17, 15) is 26.7 Å². The van der Waals surface area contributed by atoms with Crippen molar-refractivity contribution in [1.82, 2.24) is 4.90 Å². The second-order valence-corrected chi connectivity index (χ2v) is 5.86. The fourth-order valence-electron chi connectivity index (χ4n) is 2.33. The highest BCUT2D eigenvalue weighted by atomic mass is 19.4. The highest BCUT2D eigenvalue weighted by molar-refractivity contribution is 5.95. The minimum Gasteiger partial charge on any atom is -0.324 e. The molecule has 1 unspecified atom stereocenters. The average Bonchev–Trinajstić information content (AvgIpc) is 2.56. The van der Waals surface area contributed by atoms with Crippen molar-refractivity contribution in [2.45, 2.75) is 25.7 Å². The van der Waals surface area contributed by atoms with Crippen molar-refractivity contribution in [3.8, 4) is 0 Å². The third kappa shape index (κ3) is 4.78. The van der Waals surface area contributed by atoms with Gasteiger partial charge in [0.15, 0.2) is 0 Å². The number of carbonyl (C=O) groups is 1. The molecule has 0 aromatic heterocycles. The molecule has 140 valence electrons. The van der Waals surface area contributed by atoms with E-state index in [1.54, 1.807) is 0 Å². The molecule has 2 rings (SSSR count). The van der Waals surface area contributed by atoms with E-state index in [2.05, 4.69) is 5.32 Å². The fourth-order valence-corrected chi connectivity index (χ4v) is 2.33. The van der Waals surface area contributed by atoms with Gasteiger partial charge >= 0.3 is 6.18 Å². The van der Waals surface area contributed by atoms with Gasteiger partial charge in [0, 0.05) is 18.2 Å². The highest BCUT2D eigenvalue weighted by Crippen LogP contribution is 2.34. The molecule has 0 heterocycles. The predicted molar refractivity (Wildman–Crippen MR) is 87.4 cm³/mol. The van der Waals surface area contributed by atoms with Crippen LogP contribution in [0.4, 0.5) is 27.6 Å². The number of hydrogen-bond donors (Lipinski definition) is 1. The number of anilines is 1. The summed E-state index contributed by atoms with van der Waals surface area (Å²) in [6.07, 6.45) is -4.60. The van der Waals surface area contributed by atoms with Crippen LogP contribution < -0.4 is 5.32 Å². The Balaban J connectivity index is 2.10. The first-order chi connectivity index (χ1) is 12.1. The van der Waals surface area contributed by atoms with Crippen molar-refractivity contribution in [3.05, 3.63) is 65.2 Å². The van der Waals surface area contributed by atoms with Crippen molar-refractivity contribution in [1.29, 1.82) is 0 Å². The molecule has 0 saturated carbocycles. The number of halogens is 5. The normalized spacial score (nSPS) is 12.9. The zero-order valence-corrected chi connectivity index (χ0v) is 14.1. The van der Waals surface area contributed by atoms with Gasteiger partial charge in [0.05, 0.1) is 17.3 Å². The van der Waals surface area contributed by atoms with E-state index >= 15 is 0 Å². The quantitative estimate of drug-likeness (QED) is 0.787. The molecule has 26 heavy (non-hydrogen) atoms. The maximum atomic E-state index is 13.7. The van der Waals surface area contributed by atoms with Crippen LogP contribution in [0.2, 0.25) is 0 Å². The van der Waals surface area contributed by atoms with Gasteiger partial charge in [-0.15, -0.1) is 0 Å². The Morgan fingerprint density at radius 1 is 1.15 bits per heavy atom. The minimum absolute atomic E-state index is 0.0123. The number of nitrogens with zero attached hydrogens (tertiary/aromatic N) is 1. The fraction of sp³-hybridized carbons (Fsp3) is 0.278. The number of hydrogen-bond acceptors (Lipinski definition) is 2. The lowest BCUT2D eigenvalue weighted by molar-refractivity contribution is -0.137. The Morgan fingerprint density at radius 3 is 2.42 bits per heavy atom. The summed E-state index contributed by atoms with van der Waals surface area (Å²) >= 11 is 0. The molecule has 1 amide bonds. The van der Waals surface area contributed by atoms with E-state index in [1.807, 2.05) is 0 Å². The number of carbonyl (C=O) groups excluding carboxylic acids is 1. The Morgan fingerprint density at radius 2 is 1.81 bits per heavy atom. The number of para-hydroxylation sites is 1. The Kier molecular flexibility index (Phi) is 5.97. The van der Waals surface area contributed by atoms with Crippen LogP contribution in [-0.4, -0.2) is 23.9 Å². The standard InChI is InChI=1S/C18H17F5N2O/c1-11(25(2)10-12-7-8-13(19)9-15(12)20)17(26)24-16-6-4-3-5-14(16)18(21,22)23/h3-9,11H,10H2,1-2H3,(H,24,26). The van der Waals surface area contributed by atoms with Crippen molar-refractivity contribution >= 4 is 11.6 Å². The van der Waals surface area contributed by atoms with Crippen LogP contribution in [0.25, 0.3) is 0 Å². The summed E-state index contributed by atoms with van der Waals surface area (Å²) in [6.45, 7) is 1.47. The number of likely N-dealkylation sites (N-methyl/N-ethyl adjacent to an activating group) is 1. The van der Waals surface area contributed by atoms with Crippen molar-refractivity contribution in [2.75, 3.05) is 12.4 Å². The molecule has 0 spiro atoms. The Labute approximate surface area is 147 Å². The van der Waals surface area contributed by atoms with Crippen LogP contribution in [0.5, 0.6) is 0 Å². The van der Waals surface area contributed by atoms with Crippen LogP contribution in [0.1, 0.15) is 18.1 Å². The summed E-state index contributed by atoms with van der Waals surface area (Å²) in [5, 5.41) is 2.25. The number of benzene rings is 2. The van der Waals surface area contributed by atoms with Gasteiger partial charge in [-0.3, -0.25) is 9.69 Å². The molecule has 1 N–H and O–H groups in total. The summed E-state index contributed by atoms with van der Waals surface area (Å²) in [5.41, 5.74) is -1.13. The van der Waals surface area contributed by atoms with E-state index in [0.717, 1.165) is 24.3 Å². The van der Waals surface area contributed by atoms with E-state index in [-0.39, 0.29) is 17.8 Å². The minimum atomic E-state index is -4.60. The van der Waals surface area contributed by atoms with Crippen LogP contribution in [0.3, 0.4) is 0 Å². The predicted octanol–water partition coefficient (Wildman–Crippen LogP) is 4.44. The first kappa shape index (κ1) is 19.8. The maximum absolute atomic E-state index is 13.7. The zero-order valence-electron chi connectivity index (χ0n) is 14.1.